The summed E-state index contributed by atoms with van der Waals surface area (Å²) in [6.07, 6.45) is 0. The normalized spacial score (nSPS) is 19.9. The fourth-order valence-electron chi connectivity index (χ4n) is 1.65. The maximum atomic E-state index is 11.8. The summed E-state index contributed by atoms with van der Waals surface area (Å²) >= 11 is 5.78. The van der Waals surface area contributed by atoms with Crippen molar-refractivity contribution in [2.75, 3.05) is 19.8 Å². The summed E-state index contributed by atoms with van der Waals surface area (Å²) in [7, 11) is 0. The summed E-state index contributed by atoms with van der Waals surface area (Å²) in [5.41, 5.74) is 1.03. The Kier molecular flexibility index (Phi) is 4.36. The lowest BCUT2D eigenvalue weighted by molar-refractivity contribution is -0.126. The first-order chi connectivity index (χ1) is 8.25. The second-order valence-electron chi connectivity index (χ2n) is 3.93. The monoisotopic (exact) mass is 254 g/mol. The molecule has 5 heteroatoms. The number of amides is 1. The molecule has 1 aliphatic rings. The highest BCUT2D eigenvalue weighted by molar-refractivity contribution is 6.30. The first kappa shape index (κ1) is 12.4. The number of nitrogens with one attached hydrogen (secondary N) is 2. The third-order valence-electron chi connectivity index (χ3n) is 2.62. The van der Waals surface area contributed by atoms with E-state index in [4.69, 9.17) is 16.3 Å². The average Bonchev–Trinajstić information content (AvgIpc) is 2.39. The van der Waals surface area contributed by atoms with Gasteiger partial charge in [-0.3, -0.25) is 4.79 Å². The Hall–Kier alpha value is -1.10. The molecule has 92 valence electrons. The number of benzene rings is 1. The van der Waals surface area contributed by atoms with Crippen LogP contribution >= 0.6 is 11.6 Å². The van der Waals surface area contributed by atoms with Gasteiger partial charge in [0.2, 0.25) is 5.91 Å². The van der Waals surface area contributed by atoms with Crippen LogP contribution in [0.5, 0.6) is 0 Å². The molecule has 1 amide bonds. The third kappa shape index (κ3) is 3.70. The van der Waals surface area contributed by atoms with E-state index in [0.29, 0.717) is 24.8 Å². The molecule has 1 aromatic carbocycles. The molecule has 2 rings (SSSR count). The summed E-state index contributed by atoms with van der Waals surface area (Å²) in [4.78, 5) is 11.8. The predicted molar refractivity (Wildman–Crippen MR) is 65.9 cm³/mol. The SMILES string of the molecule is O=C(NCc1ccc(Cl)cc1)[C@H]1COCCN1. The number of hydrogen-bond donors (Lipinski definition) is 2. The highest BCUT2D eigenvalue weighted by Gasteiger charge is 2.20. The highest BCUT2D eigenvalue weighted by atomic mass is 35.5. The van der Waals surface area contributed by atoms with Gasteiger partial charge in [-0.15, -0.1) is 0 Å². The Balaban J connectivity index is 1.81. The summed E-state index contributed by atoms with van der Waals surface area (Å²) < 4.78 is 5.23. The van der Waals surface area contributed by atoms with E-state index in [1.165, 1.54) is 0 Å². The zero-order valence-electron chi connectivity index (χ0n) is 9.41. The van der Waals surface area contributed by atoms with E-state index in [0.717, 1.165) is 12.1 Å². The maximum absolute atomic E-state index is 11.8. The largest absolute Gasteiger partial charge is 0.378 e. The minimum Gasteiger partial charge on any atom is -0.378 e. The van der Waals surface area contributed by atoms with Crippen molar-refractivity contribution in [1.29, 1.82) is 0 Å². The van der Waals surface area contributed by atoms with Crippen molar-refractivity contribution in [2.24, 2.45) is 0 Å². The number of halogens is 1. The molecule has 1 atom stereocenters. The first-order valence-corrected chi connectivity index (χ1v) is 5.97. The van der Waals surface area contributed by atoms with Crippen LogP contribution in [0.4, 0.5) is 0 Å². The molecule has 4 nitrogen and oxygen atoms in total. The van der Waals surface area contributed by atoms with E-state index in [-0.39, 0.29) is 11.9 Å². The van der Waals surface area contributed by atoms with Crippen molar-refractivity contribution in [2.45, 2.75) is 12.6 Å². The van der Waals surface area contributed by atoms with Gasteiger partial charge in [0.25, 0.3) is 0 Å². The van der Waals surface area contributed by atoms with Gasteiger partial charge in [0.05, 0.1) is 13.2 Å². The number of rotatable bonds is 3. The number of ether oxygens (including phenoxy) is 1. The second-order valence-corrected chi connectivity index (χ2v) is 4.36. The third-order valence-corrected chi connectivity index (χ3v) is 2.87. The van der Waals surface area contributed by atoms with E-state index in [1.54, 1.807) is 0 Å². The minimum atomic E-state index is -0.240. The molecular formula is C12H15ClN2O2. The van der Waals surface area contributed by atoms with Gasteiger partial charge >= 0.3 is 0 Å². The lowest BCUT2D eigenvalue weighted by atomic mass is 10.2. The maximum Gasteiger partial charge on any atom is 0.239 e. The van der Waals surface area contributed by atoms with Crippen LogP contribution in [0.15, 0.2) is 24.3 Å². The van der Waals surface area contributed by atoms with Crippen molar-refractivity contribution in [3.05, 3.63) is 34.9 Å². The summed E-state index contributed by atoms with van der Waals surface area (Å²) in [5.74, 6) is -0.0281. The fraction of sp³-hybridized carbons (Fsp3) is 0.417. The molecule has 0 aliphatic carbocycles. The van der Waals surface area contributed by atoms with Gasteiger partial charge < -0.3 is 15.4 Å². The van der Waals surface area contributed by atoms with Gasteiger partial charge in [-0.2, -0.15) is 0 Å². The summed E-state index contributed by atoms with van der Waals surface area (Å²) in [6.45, 7) is 2.33. The molecule has 0 bridgehead atoms. The number of carbonyl (C=O) groups is 1. The molecular weight excluding hydrogens is 240 g/mol. The van der Waals surface area contributed by atoms with Crippen molar-refractivity contribution in [3.63, 3.8) is 0 Å². The van der Waals surface area contributed by atoms with Crippen LogP contribution in [0, 0.1) is 0 Å². The van der Waals surface area contributed by atoms with Crippen LogP contribution in [-0.4, -0.2) is 31.7 Å². The van der Waals surface area contributed by atoms with Crippen molar-refractivity contribution >= 4 is 17.5 Å². The number of carbonyl (C=O) groups excluding carboxylic acids is 1. The predicted octanol–water partition coefficient (Wildman–Crippen LogP) is 0.945. The lowest BCUT2D eigenvalue weighted by Crippen LogP contribution is -2.51. The molecule has 1 saturated heterocycles. The van der Waals surface area contributed by atoms with Crippen molar-refractivity contribution in [1.82, 2.24) is 10.6 Å². The quantitative estimate of drug-likeness (QED) is 0.844. The van der Waals surface area contributed by atoms with Gasteiger partial charge in [0.15, 0.2) is 0 Å². The van der Waals surface area contributed by atoms with E-state index in [2.05, 4.69) is 10.6 Å². The van der Waals surface area contributed by atoms with Crippen molar-refractivity contribution in [3.8, 4) is 0 Å². The molecule has 0 saturated carbocycles. The Morgan fingerprint density at radius 1 is 1.47 bits per heavy atom. The van der Waals surface area contributed by atoms with E-state index >= 15 is 0 Å². The van der Waals surface area contributed by atoms with Gasteiger partial charge in [-0.1, -0.05) is 23.7 Å². The summed E-state index contributed by atoms with van der Waals surface area (Å²) in [5, 5.41) is 6.67. The van der Waals surface area contributed by atoms with Crippen LogP contribution in [0.3, 0.4) is 0 Å². The Labute approximate surface area is 105 Å². The van der Waals surface area contributed by atoms with Crippen LogP contribution in [-0.2, 0) is 16.1 Å². The molecule has 1 aliphatic heterocycles. The van der Waals surface area contributed by atoms with Crippen molar-refractivity contribution < 1.29 is 9.53 Å². The highest BCUT2D eigenvalue weighted by Crippen LogP contribution is 2.09. The molecule has 0 spiro atoms. The Morgan fingerprint density at radius 2 is 2.24 bits per heavy atom. The molecule has 1 fully saturated rings. The molecule has 2 N–H and O–H groups in total. The first-order valence-electron chi connectivity index (χ1n) is 5.59. The van der Waals surface area contributed by atoms with Crippen LogP contribution in [0.2, 0.25) is 5.02 Å². The topological polar surface area (TPSA) is 50.4 Å². The van der Waals surface area contributed by atoms with E-state index in [1.807, 2.05) is 24.3 Å². The zero-order chi connectivity index (χ0) is 12.1. The molecule has 1 heterocycles. The minimum absolute atomic E-state index is 0.0281. The van der Waals surface area contributed by atoms with Gasteiger partial charge in [-0.25, -0.2) is 0 Å². The lowest BCUT2D eigenvalue weighted by Gasteiger charge is -2.22. The molecule has 17 heavy (non-hydrogen) atoms. The van der Waals surface area contributed by atoms with Gasteiger partial charge in [0, 0.05) is 18.1 Å². The molecule has 1 aromatic rings. The van der Waals surface area contributed by atoms with Gasteiger partial charge in [0.1, 0.15) is 6.04 Å². The molecule has 0 aromatic heterocycles. The molecule has 0 radical (unpaired) electrons. The fourth-order valence-corrected chi connectivity index (χ4v) is 1.77. The van der Waals surface area contributed by atoms with Crippen LogP contribution in [0.1, 0.15) is 5.56 Å². The van der Waals surface area contributed by atoms with Crippen LogP contribution in [0.25, 0.3) is 0 Å². The number of hydrogen-bond acceptors (Lipinski definition) is 3. The Morgan fingerprint density at radius 3 is 2.88 bits per heavy atom. The summed E-state index contributed by atoms with van der Waals surface area (Å²) in [6, 6.07) is 7.17. The Bertz CT molecular complexity index is 375. The average molecular weight is 255 g/mol. The standard InChI is InChI=1S/C12H15ClN2O2/c13-10-3-1-9(2-4-10)7-15-12(16)11-8-17-6-5-14-11/h1-4,11,14H,5-8H2,(H,15,16)/t11-/m1/s1. The zero-order valence-corrected chi connectivity index (χ0v) is 10.2. The second kappa shape index (κ2) is 6.00. The van der Waals surface area contributed by atoms with Gasteiger partial charge in [-0.05, 0) is 17.7 Å². The number of morpholine rings is 1. The van der Waals surface area contributed by atoms with Crippen LogP contribution < -0.4 is 10.6 Å². The van der Waals surface area contributed by atoms with E-state index < -0.39 is 0 Å². The smallest absolute Gasteiger partial charge is 0.239 e. The molecule has 0 unspecified atom stereocenters. The van der Waals surface area contributed by atoms with E-state index in [9.17, 15) is 4.79 Å².